The zero-order valence-electron chi connectivity index (χ0n) is 15.1. The monoisotopic (exact) mass is 413 g/mol. The van der Waals surface area contributed by atoms with Gasteiger partial charge in [-0.15, -0.1) is 0 Å². The molecule has 4 rings (SSSR count). The summed E-state index contributed by atoms with van der Waals surface area (Å²) in [6.07, 6.45) is 1.31. The normalized spacial score (nSPS) is 11.7. The van der Waals surface area contributed by atoms with Crippen molar-refractivity contribution in [3.05, 3.63) is 65.4 Å². The first kappa shape index (κ1) is 18.4. The Hall–Kier alpha value is -2.97. The number of hydrogen-bond donors (Lipinski definition) is 1. The molecule has 0 saturated carbocycles. The Morgan fingerprint density at radius 1 is 1.00 bits per heavy atom. The molecule has 9 heteroatoms. The summed E-state index contributed by atoms with van der Waals surface area (Å²) in [4.78, 5) is 13.1. The number of benzene rings is 2. The number of aromatic nitrogens is 4. The predicted molar refractivity (Wildman–Crippen MR) is 109 cm³/mol. The highest BCUT2D eigenvalue weighted by Crippen LogP contribution is 2.27. The summed E-state index contributed by atoms with van der Waals surface area (Å²) >= 11 is 5.96. The quantitative estimate of drug-likeness (QED) is 0.549. The van der Waals surface area contributed by atoms with Crippen molar-refractivity contribution >= 4 is 38.6 Å². The number of anilines is 1. The Bertz CT molecular complexity index is 1270. The number of fused-ring (bicyclic) bond motifs is 1. The van der Waals surface area contributed by atoms with Gasteiger partial charge in [0.25, 0.3) is 10.0 Å². The van der Waals surface area contributed by atoms with Gasteiger partial charge in [-0.3, -0.25) is 4.72 Å². The number of hydrogen-bond acceptors (Lipinski definition) is 5. The van der Waals surface area contributed by atoms with E-state index < -0.39 is 10.0 Å². The van der Waals surface area contributed by atoms with Crippen LogP contribution in [0.15, 0.2) is 59.8 Å². The number of nitrogens with zero attached hydrogens (tertiary/aromatic N) is 4. The molecule has 0 amide bonds. The topological polar surface area (TPSA) is 89.8 Å². The van der Waals surface area contributed by atoms with E-state index in [1.54, 1.807) is 41.0 Å². The van der Waals surface area contributed by atoms with Crippen LogP contribution >= 0.6 is 11.6 Å². The van der Waals surface area contributed by atoms with Crippen LogP contribution in [0.5, 0.6) is 0 Å². The van der Waals surface area contributed by atoms with Crippen LogP contribution in [0.3, 0.4) is 0 Å². The van der Waals surface area contributed by atoms with Crippen molar-refractivity contribution in [3.8, 4) is 11.4 Å². The molecule has 0 radical (unpaired) electrons. The highest BCUT2D eigenvalue weighted by atomic mass is 35.5. The third-order valence-electron chi connectivity index (χ3n) is 4.32. The van der Waals surface area contributed by atoms with E-state index in [9.17, 15) is 8.42 Å². The lowest BCUT2D eigenvalue weighted by Crippen LogP contribution is -2.14. The van der Waals surface area contributed by atoms with Crippen LogP contribution in [-0.2, 0) is 17.1 Å². The minimum absolute atomic E-state index is 0.126. The van der Waals surface area contributed by atoms with E-state index in [0.717, 1.165) is 11.1 Å². The van der Waals surface area contributed by atoms with E-state index >= 15 is 0 Å². The summed E-state index contributed by atoms with van der Waals surface area (Å²) in [6.45, 7) is 1.89. The predicted octanol–water partition coefficient (Wildman–Crippen LogP) is 3.79. The van der Waals surface area contributed by atoms with Crippen LogP contribution in [0.2, 0.25) is 5.02 Å². The molecule has 0 unspecified atom stereocenters. The van der Waals surface area contributed by atoms with Crippen LogP contribution in [0.4, 0.5) is 5.82 Å². The van der Waals surface area contributed by atoms with Gasteiger partial charge in [-0.05, 0) is 43.3 Å². The van der Waals surface area contributed by atoms with Crippen LogP contribution in [0.25, 0.3) is 22.6 Å². The van der Waals surface area contributed by atoms with Gasteiger partial charge in [0.15, 0.2) is 17.0 Å². The highest BCUT2D eigenvalue weighted by molar-refractivity contribution is 7.92. The SMILES string of the molecule is Cc1ccc(S(=O)(=O)Nc2ncnc3c2nc(-c2ccc(Cl)cc2)n3C)cc1. The summed E-state index contributed by atoms with van der Waals surface area (Å²) in [5, 5.41) is 0.619. The number of rotatable bonds is 4. The van der Waals surface area contributed by atoms with Crippen molar-refractivity contribution in [2.24, 2.45) is 7.05 Å². The minimum Gasteiger partial charge on any atom is -0.312 e. The van der Waals surface area contributed by atoms with Gasteiger partial charge in [0.1, 0.15) is 12.2 Å². The van der Waals surface area contributed by atoms with E-state index in [1.807, 2.05) is 26.1 Å². The fourth-order valence-corrected chi connectivity index (χ4v) is 3.98. The van der Waals surface area contributed by atoms with Gasteiger partial charge in [-0.2, -0.15) is 0 Å². The molecule has 4 aromatic rings. The van der Waals surface area contributed by atoms with Crippen molar-refractivity contribution in [1.29, 1.82) is 0 Å². The first-order valence-electron chi connectivity index (χ1n) is 8.38. The zero-order chi connectivity index (χ0) is 19.9. The number of nitrogens with one attached hydrogen (secondary N) is 1. The third kappa shape index (κ3) is 3.32. The number of imidazole rings is 1. The van der Waals surface area contributed by atoms with Gasteiger partial charge in [-0.25, -0.2) is 23.4 Å². The fraction of sp³-hybridized carbons (Fsp3) is 0.105. The van der Waals surface area contributed by atoms with Crippen molar-refractivity contribution in [2.45, 2.75) is 11.8 Å². The lowest BCUT2D eigenvalue weighted by molar-refractivity contribution is 0.601. The molecule has 2 aromatic carbocycles. The van der Waals surface area contributed by atoms with Crippen LogP contribution in [0.1, 0.15) is 5.56 Å². The molecule has 0 aliphatic carbocycles. The summed E-state index contributed by atoms with van der Waals surface area (Å²) in [5.74, 6) is 0.754. The molecule has 0 spiro atoms. The van der Waals surface area contributed by atoms with E-state index in [2.05, 4.69) is 19.7 Å². The van der Waals surface area contributed by atoms with Gasteiger partial charge in [0.05, 0.1) is 4.90 Å². The average Bonchev–Trinajstić information content (AvgIpc) is 3.01. The van der Waals surface area contributed by atoms with Gasteiger partial charge >= 0.3 is 0 Å². The highest BCUT2D eigenvalue weighted by Gasteiger charge is 2.20. The average molecular weight is 414 g/mol. The Morgan fingerprint density at radius 3 is 2.36 bits per heavy atom. The lowest BCUT2D eigenvalue weighted by Gasteiger charge is -2.07. The summed E-state index contributed by atoms with van der Waals surface area (Å²) in [5.41, 5.74) is 2.69. The maximum absolute atomic E-state index is 12.7. The Labute approximate surface area is 167 Å². The molecule has 1 N–H and O–H groups in total. The van der Waals surface area contributed by atoms with E-state index in [1.165, 1.54) is 6.33 Å². The summed E-state index contributed by atoms with van der Waals surface area (Å²) < 4.78 is 29.8. The molecule has 0 fully saturated rings. The number of sulfonamides is 1. The van der Waals surface area contributed by atoms with Crippen molar-refractivity contribution < 1.29 is 8.42 Å². The maximum atomic E-state index is 12.7. The first-order chi connectivity index (χ1) is 13.3. The molecule has 0 saturated heterocycles. The molecule has 7 nitrogen and oxygen atoms in total. The third-order valence-corrected chi connectivity index (χ3v) is 5.93. The van der Waals surface area contributed by atoms with Gasteiger partial charge in [0.2, 0.25) is 0 Å². The standard InChI is InChI=1S/C19H16ClN5O2S/c1-12-3-9-15(10-4-12)28(26,27)24-17-16-19(22-11-21-17)25(2)18(23-16)13-5-7-14(20)8-6-13/h3-11H,1-2H3,(H,21,22,24). The second-order valence-electron chi connectivity index (χ2n) is 6.31. The van der Waals surface area contributed by atoms with E-state index in [4.69, 9.17) is 11.6 Å². The molecule has 0 bridgehead atoms. The van der Waals surface area contributed by atoms with E-state index in [0.29, 0.717) is 22.0 Å². The first-order valence-corrected chi connectivity index (χ1v) is 10.2. The Kier molecular flexibility index (Phi) is 4.52. The molecule has 28 heavy (non-hydrogen) atoms. The van der Waals surface area contributed by atoms with Crippen molar-refractivity contribution in [2.75, 3.05) is 4.72 Å². The molecule has 0 atom stereocenters. The van der Waals surface area contributed by atoms with Crippen molar-refractivity contribution in [3.63, 3.8) is 0 Å². The molecule has 2 aromatic heterocycles. The largest absolute Gasteiger partial charge is 0.312 e. The van der Waals surface area contributed by atoms with Crippen molar-refractivity contribution in [1.82, 2.24) is 19.5 Å². The van der Waals surface area contributed by atoms with Gasteiger partial charge in [-0.1, -0.05) is 29.3 Å². The number of halogens is 1. The molecule has 0 aliphatic rings. The summed E-state index contributed by atoms with van der Waals surface area (Å²) in [7, 11) is -1.99. The van der Waals surface area contributed by atoms with Crippen LogP contribution in [0, 0.1) is 6.92 Å². The second-order valence-corrected chi connectivity index (χ2v) is 8.43. The molecular weight excluding hydrogens is 398 g/mol. The van der Waals surface area contributed by atoms with Crippen LogP contribution in [-0.4, -0.2) is 27.9 Å². The smallest absolute Gasteiger partial charge is 0.263 e. The zero-order valence-corrected chi connectivity index (χ0v) is 16.7. The maximum Gasteiger partial charge on any atom is 0.263 e. The fourth-order valence-electron chi connectivity index (χ4n) is 2.83. The number of aryl methyl sites for hydroxylation is 2. The van der Waals surface area contributed by atoms with Gasteiger partial charge in [0, 0.05) is 17.6 Å². The second kappa shape index (κ2) is 6.88. The molecule has 0 aliphatic heterocycles. The lowest BCUT2D eigenvalue weighted by atomic mass is 10.2. The van der Waals surface area contributed by atoms with Crippen LogP contribution < -0.4 is 4.72 Å². The Morgan fingerprint density at radius 2 is 1.68 bits per heavy atom. The molecule has 142 valence electrons. The molecular formula is C19H16ClN5O2S. The van der Waals surface area contributed by atoms with E-state index in [-0.39, 0.29) is 10.7 Å². The summed E-state index contributed by atoms with van der Waals surface area (Å²) in [6, 6.07) is 13.8. The Balaban J connectivity index is 1.79. The molecule has 2 heterocycles. The van der Waals surface area contributed by atoms with Gasteiger partial charge < -0.3 is 4.57 Å². The minimum atomic E-state index is -3.80.